The second kappa shape index (κ2) is 8.94. The number of pyridine rings is 1. The van der Waals surface area contributed by atoms with Gasteiger partial charge in [0.15, 0.2) is 0 Å². The SMILES string of the molecule is Cl.Cl.c1cc(Nc2ccc(O[C@@H]3CCCNC3)cc2)c2cc[nH]c2n1. The van der Waals surface area contributed by atoms with Gasteiger partial charge in [0, 0.05) is 30.0 Å². The van der Waals surface area contributed by atoms with E-state index in [1.807, 2.05) is 42.6 Å². The summed E-state index contributed by atoms with van der Waals surface area (Å²) in [6, 6.07) is 12.1. The second-order valence-corrected chi connectivity index (χ2v) is 5.83. The first-order chi connectivity index (χ1) is 11.4. The van der Waals surface area contributed by atoms with E-state index in [2.05, 4.69) is 20.6 Å². The van der Waals surface area contributed by atoms with Crippen molar-refractivity contribution in [3.05, 3.63) is 48.8 Å². The summed E-state index contributed by atoms with van der Waals surface area (Å²) >= 11 is 0. The summed E-state index contributed by atoms with van der Waals surface area (Å²) in [5, 5.41) is 7.89. The van der Waals surface area contributed by atoms with Crippen LogP contribution in [0, 0.1) is 0 Å². The number of hydrogen-bond acceptors (Lipinski definition) is 4. The van der Waals surface area contributed by atoms with E-state index in [0.717, 1.165) is 47.7 Å². The first kappa shape index (κ1) is 19.4. The number of piperidine rings is 1. The number of nitrogens with one attached hydrogen (secondary N) is 3. The van der Waals surface area contributed by atoms with Crippen molar-refractivity contribution in [2.75, 3.05) is 18.4 Å². The number of ether oxygens (including phenoxy) is 1. The van der Waals surface area contributed by atoms with Crippen LogP contribution in [0.5, 0.6) is 5.75 Å². The van der Waals surface area contributed by atoms with Crippen LogP contribution in [-0.4, -0.2) is 29.2 Å². The standard InChI is InChI=1S/C18H20N4O.2ClH/c1-2-15(12-19-9-1)23-14-5-3-13(4-6-14)22-17-8-11-21-18-16(17)7-10-20-18;;/h3-8,10-11,15,19H,1-2,9,12H2,(H2,20,21,22);2*1H/t15-;;/m1../s1. The molecule has 3 aromatic rings. The highest BCUT2D eigenvalue weighted by atomic mass is 35.5. The van der Waals surface area contributed by atoms with E-state index in [-0.39, 0.29) is 30.9 Å². The first-order valence-corrected chi connectivity index (χ1v) is 8.05. The normalized spacial score (nSPS) is 16.6. The molecule has 1 fully saturated rings. The highest BCUT2D eigenvalue weighted by Crippen LogP contribution is 2.26. The van der Waals surface area contributed by atoms with Gasteiger partial charge in [0.2, 0.25) is 0 Å². The van der Waals surface area contributed by atoms with Crippen LogP contribution < -0.4 is 15.4 Å². The minimum atomic E-state index is 0. The van der Waals surface area contributed by atoms with E-state index in [0.29, 0.717) is 0 Å². The maximum atomic E-state index is 6.01. The summed E-state index contributed by atoms with van der Waals surface area (Å²) in [7, 11) is 0. The van der Waals surface area contributed by atoms with E-state index in [1.54, 1.807) is 6.20 Å². The fourth-order valence-electron chi connectivity index (χ4n) is 2.96. The first-order valence-electron chi connectivity index (χ1n) is 8.05. The van der Waals surface area contributed by atoms with Gasteiger partial charge in [-0.15, -0.1) is 24.8 Å². The Labute approximate surface area is 159 Å². The van der Waals surface area contributed by atoms with Gasteiger partial charge in [-0.25, -0.2) is 4.98 Å². The van der Waals surface area contributed by atoms with E-state index in [9.17, 15) is 0 Å². The zero-order chi connectivity index (χ0) is 15.5. The third-order valence-electron chi connectivity index (χ3n) is 4.15. The van der Waals surface area contributed by atoms with Crippen molar-refractivity contribution in [1.82, 2.24) is 15.3 Å². The van der Waals surface area contributed by atoms with Crippen LogP contribution >= 0.6 is 24.8 Å². The number of aromatic nitrogens is 2. The Balaban J connectivity index is 0.00000113. The Morgan fingerprint density at radius 3 is 2.68 bits per heavy atom. The molecule has 1 aromatic carbocycles. The number of rotatable bonds is 4. The molecule has 134 valence electrons. The summed E-state index contributed by atoms with van der Waals surface area (Å²) in [5.41, 5.74) is 2.97. The smallest absolute Gasteiger partial charge is 0.139 e. The molecule has 0 radical (unpaired) electrons. The van der Waals surface area contributed by atoms with Crippen LogP contribution in [0.2, 0.25) is 0 Å². The number of fused-ring (bicyclic) bond motifs is 1. The molecular formula is C18H22Cl2N4O. The molecular weight excluding hydrogens is 359 g/mol. The highest BCUT2D eigenvalue weighted by Gasteiger charge is 2.14. The lowest BCUT2D eigenvalue weighted by molar-refractivity contribution is 0.167. The van der Waals surface area contributed by atoms with Gasteiger partial charge in [-0.3, -0.25) is 0 Å². The predicted molar refractivity (Wildman–Crippen MR) is 107 cm³/mol. The molecule has 3 N–H and O–H groups in total. The van der Waals surface area contributed by atoms with E-state index < -0.39 is 0 Å². The molecule has 1 atom stereocenters. The van der Waals surface area contributed by atoms with Crippen molar-refractivity contribution < 1.29 is 4.74 Å². The number of H-pyrrole nitrogens is 1. The van der Waals surface area contributed by atoms with Crippen LogP contribution in [0.1, 0.15) is 12.8 Å². The molecule has 7 heteroatoms. The Bertz CT molecular complexity index is 785. The summed E-state index contributed by atoms with van der Waals surface area (Å²) in [6.45, 7) is 2.03. The molecule has 0 amide bonds. The van der Waals surface area contributed by atoms with Gasteiger partial charge in [-0.2, -0.15) is 0 Å². The summed E-state index contributed by atoms with van der Waals surface area (Å²) in [5.74, 6) is 0.922. The summed E-state index contributed by atoms with van der Waals surface area (Å²) in [4.78, 5) is 7.42. The van der Waals surface area contributed by atoms with Gasteiger partial charge < -0.3 is 20.4 Å². The Morgan fingerprint density at radius 2 is 1.92 bits per heavy atom. The zero-order valence-corrected chi connectivity index (χ0v) is 15.3. The van der Waals surface area contributed by atoms with Gasteiger partial charge in [0.05, 0.1) is 5.69 Å². The molecule has 1 aliphatic rings. The van der Waals surface area contributed by atoms with Gasteiger partial charge in [-0.1, -0.05) is 0 Å². The van der Waals surface area contributed by atoms with Gasteiger partial charge >= 0.3 is 0 Å². The third kappa shape index (κ3) is 4.57. The topological polar surface area (TPSA) is 62.0 Å². The fourth-order valence-corrected chi connectivity index (χ4v) is 2.96. The van der Waals surface area contributed by atoms with Gasteiger partial charge in [0.1, 0.15) is 17.5 Å². The lowest BCUT2D eigenvalue weighted by atomic mass is 10.1. The van der Waals surface area contributed by atoms with E-state index in [4.69, 9.17) is 4.74 Å². The number of hydrogen-bond donors (Lipinski definition) is 3. The molecule has 0 spiro atoms. The molecule has 2 aromatic heterocycles. The number of anilines is 2. The quantitative estimate of drug-likeness (QED) is 0.631. The zero-order valence-electron chi connectivity index (χ0n) is 13.7. The molecule has 25 heavy (non-hydrogen) atoms. The lowest BCUT2D eigenvalue weighted by Gasteiger charge is -2.24. The van der Waals surface area contributed by atoms with Crippen LogP contribution in [0.25, 0.3) is 11.0 Å². The average molecular weight is 381 g/mol. The van der Waals surface area contributed by atoms with Crippen molar-refractivity contribution in [3.63, 3.8) is 0 Å². The van der Waals surface area contributed by atoms with Crippen molar-refractivity contribution in [2.45, 2.75) is 18.9 Å². The number of halogens is 2. The third-order valence-corrected chi connectivity index (χ3v) is 4.15. The van der Waals surface area contributed by atoms with Crippen molar-refractivity contribution >= 4 is 47.2 Å². The molecule has 1 saturated heterocycles. The Morgan fingerprint density at radius 1 is 1.08 bits per heavy atom. The summed E-state index contributed by atoms with van der Waals surface area (Å²) < 4.78 is 6.01. The van der Waals surface area contributed by atoms with Crippen LogP contribution in [-0.2, 0) is 0 Å². The maximum Gasteiger partial charge on any atom is 0.139 e. The maximum absolute atomic E-state index is 6.01. The highest BCUT2D eigenvalue weighted by molar-refractivity contribution is 5.91. The minimum absolute atomic E-state index is 0. The molecule has 0 saturated carbocycles. The second-order valence-electron chi connectivity index (χ2n) is 5.83. The predicted octanol–water partition coefficient (Wildman–Crippen LogP) is 4.28. The van der Waals surface area contributed by atoms with Gasteiger partial charge in [-0.05, 0) is 55.8 Å². The van der Waals surface area contributed by atoms with Crippen molar-refractivity contribution in [3.8, 4) is 5.75 Å². The van der Waals surface area contributed by atoms with Crippen LogP contribution in [0.4, 0.5) is 11.4 Å². The monoisotopic (exact) mass is 380 g/mol. The van der Waals surface area contributed by atoms with Crippen LogP contribution in [0.3, 0.4) is 0 Å². The fraction of sp³-hybridized carbons (Fsp3) is 0.278. The van der Waals surface area contributed by atoms with Crippen LogP contribution in [0.15, 0.2) is 48.8 Å². The Hall–Kier alpha value is -1.95. The molecule has 0 aliphatic carbocycles. The lowest BCUT2D eigenvalue weighted by Crippen LogP contribution is -2.37. The average Bonchev–Trinajstić information content (AvgIpc) is 3.07. The molecule has 3 heterocycles. The minimum Gasteiger partial charge on any atom is -0.489 e. The molecule has 0 bridgehead atoms. The number of aromatic amines is 1. The molecule has 4 rings (SSSR count). The van der Waals surface area contributed by atoms with E-state index >= 15 is 0 Å². The largest absolute Gasteiger partial charge is 0.489 e. The van der Waals surface area contributed by atoms with Gasteiger partial charge in [0.25, 0.3) is 0 Å². The van der Waals surface area contributed by atoms with Crippen molar-refractivity contribution in [1.29, 1.82) is 0 Å². The number of nitrogens with zero attached hydrogens (tertiary/aromatic N) is 1. The van der Waals surface area contributed by atoms with E-state index in [1.165, 1.54) is 6.42 Å². The van der Waals surface area contributed by atoms with Crippen molar-refractivity contribution in [2.24, 2.45) is 0 Å². The Kier molecular flexibility index (Phi) is 6.93. The number of benzene rings is 1. The molecule has 5 nitrogen and oxygen atoms in total. The summed E-state index contributed by atoms with van der Waals surface area (Å²) in [6.07, 6.45) is 6.28. The molecule has 1 aliphatic heterocycles. The molecule has 0 unspecified atom stereocenters.